The van der Waals surface area contributed by atoms with Crippen LogP contribution in [0, 0.1) is 0 Å². The van der Waals surface area contributed by atoms with Gasteiger partial charge in [-0.25, -0.2) is 0 Å². The van der Waals surface area contributed by atoms with Crippen molar-refractivity contribution in [3.63, 3.8) is 0 Å². The Hall–Kier alpha value is -3.60. The SMILES string of the molecule is CCCC(=O)N1c2ccccc2C(N(C(=O)c2ccccc2)c2cccc(OC)c2)CC1C. The summed E-state index contributed by atoms with van der Waals surface area (Å²) < 4.78 is 5.45. The first-order chi connectivity index (χ1) is 16.0. The fraction of sp³-hybridized carbons (Fsp3) is 0.286. The highest BCUT2D eigenvalue weighted by Gasteiger charge is 2.38. The molecule has 0 radical (unpaired) electrons. The van der Waals surface area contributed by atoms with Crippen LogP contribution < -0.4 is 14.5 Å². The van der Waals surface area contributed by atoms with E-state index in [0.29, 0.717) is 24.2 Å². The Morgan fingerprint density at radius 3 is 2.45 bits per heavy atom. The fourth-order valence-electron chi connectivity index (χ4n) is 4.66. The van der Waals surface area contributed by atoms with Gasteiger partial charge in [0.1, 0.15) is 5.75 Å². The predicted molar refractivity (Wildman–Crippen MR) is 132 cm³/mol. The first-order valence-corrected chi connectivity index (χ1v) is 11.5. The second kappa shape index (κ2) is 9.90. The third kappa shape index (κ3) is 4.49. The van der Waals surface area contributed by atoms with Crippen molar-refractivity contribution in [1.82, 2.24) is 0 Å². The van der Waals surface area contributed by atoms with E-state index in [1.807, 2.05) is 95.6 Å². The van der Waals surface area contributed by atoms with Gasteiger partial charge in [-0.3, -0.25) is 9.59 Å². The molecule has 1 heterocycles. The molecule has 2 atom stereocenters. The molecule has 3 aromatic carbocycles. The Kier molecular flexibility index (Phi) is 6.78. The number of hydrogen-bond acceptors (Lipinski definition) is 3. The molecule has 0 spiro atoms. The average Bonchev–Trinajstić information content (AvgIpc) is 2.85. The topological polar surface area (TPSA) is 49.9 Å². The van der Waals surface area contributed by atoms with Gasteiger partial charge in [-0.2, -0.15) is 0 Å². The van der Waals surface area contributed by atoms with Crippen LogP contribution in [-0.2, 0) is 4.79 Å². The van der Waals surface area contributed by atoms with E-state index >= 15 is 0 Å². The van der Waals surface area contributed by atoms with Crippen LogP contribution in [0.1, 0.15) is 55.1 Å². The minimum Gasteiger partial charge on any atom is -0.497 e. The zero-order chi connectivity index (χ0) is 23.4. The molecule has 2 amide bonds. The summed E-state index contributed by atoms with van der Waals surface area (Å²) in [6, 6.07) is 24.6. The van der Waals surface area contributed by atoms with Crippen molar-refractivity contribution >= 4 is 23.2 Å². The van der Waals surface area contributed by atoms with Crippen LogP contribution in [-0.4, -0.2) is 25.0 Å². The smallest absolute Gasteiger partial charge is 0.258 e. The Bertz CT molecular complexity index is 1130. The summed E-state index contributed by atoms with van der Waals surface area (Å²) in [7, 11) is 1.62. The Labute approximate surface area is 195 Å². The number of fused-ring (bicyclic) bond motifs is 1. The molecule has 2 unspecified atom stereocenters. The number of hydrogen-bond donors (Lipinski definition) is 0. The van der Waals surface area contributed by atoms with E-state index in [2.05, 4.69) is 6.92 Å². The average molecular weight is 443 g/mol. The zero-order valence-corrected chi connectivity index (χ0v) is 19.4. The first kappa shape index (κ1) is 22.6. The summed E-state index contributed by atoms with van der Waals surface area (Å²) in [5.41, 5.74) is 3.25. The van der Waals surface area contributed by atoms with Crippen LogP contribution >= 0.6 is 0 Å². The van der Waals surface area contributed by atoms with Gasteiger partial charge in [0, 0.05) is 35.5 Å². The number of ether oxygens (including phenoxy) is 1. The highest BCUT2D eigenvalue weighted by Crippen LogP contribution is 2.43. The van der Waals surface area contributed by atoms with E-state index < -0.39 is 0 Å². The van der Waals surface area contributed by atoms with Crippen molar-refractivity contribution in [1.29, 1.82) is 0 Å². The van der Waals surface area contributed by atoms with Crippen LogP contribution in [0.15, 0.2) is 78.9 Å². The molecule has 0 aliphatic carbocycles. The molecule has 0 bridgehead atoms. The number of amides is 2. The van der Waals surface area contributed by atoms with Gasteiger partial charge in [0.2, 0.25) is 5.91 Å². The van der Waals surface area contributed by atoms with E-state index in [-0.39, 0.29) is 23.9 Å². The van der Waals surface area contributed by atoms with Gasteiger partial charge < -0.3 is 14.5 Å². The number of carbonyl (C=O) groups excluding carboxylic acids is 2. The first-order valence-electron chi connectivity index (χ1n) is 11.5. The van der Waals surface area contributed by atoms with Crippen LogP contribution in [0.5, 0.6) is 5.75 Å². The lowest BCUT2D eigenvalue weighted by Gasteiger charge is -2.43. The maximum absolute atomic E-state index is 13.9. The van der Waals surface area contributed by atoms with Crippen molar-refractivity contribution in [3.05, 3.63) is 90.0 Å². The van der Waals surface area contributed by atoms with E-state index in [9.17, 15) is 9.59 Å². The number of rotatable bonds is 6. The summed E-state index contributed by atoms with van der Waals surface area (Å²) in [5, 5.41) is 0. The summed E-state index contributed by atoms with van der Waals surface area (Å²) in [4.78, 5) is 30.6. The number of anilines is 2. The van der Waals surface area contributed by atoms with Gasteiger partial charge in [-0.1, -0.05) is 49.4 Å². The Balaban J connectivity index is 1.85. The zero-order valence-electron chi connectivity index (χ0n) is 19.4. The van der Waals surface area contributed by atoms with Crippen molar-refractivity contribution in [2.24, 2.45) is 0 Å². The highest BCUT2D eigenvalue weighted by molar-refractivity contribution is 6.07. The number of carbonyl (C=O) groups is 2. The molecule has 5 heteroatoms. The summed E-state index contributed by atoms with van der Waals surface area (Å²) in [6.07, 6.45) is 1.95. The maximum atomic E-state index is 13.9. The molecule has 0 fully saturated rings. The molecule has 1 aliphatic rings. The lowest BCUT2D eigenvalue weighted by molar-refractivity contribution is -0.119. The third-order valence-corrected chi connectivity index (χ3v) is 6.18. The quantitative estimate of drug-likeness (QED) is 0.470. The van der Waals surface area contributed by atoms with E-state index in [1.165, 1.54) is 0 Å². The number of nitrogens with zero attached hydrogens (tertiary/aromatic N) is 2. The van der Waals surface area contributed by atoms with Crippen molar-refractivity contribution in [2.45, 2.75) is 45.2 Å². The van der Waals surface area contributed by atoms with Crippen LogP contribution in [0.25, 0.3) is 0 Å². The second-order valence-electron chi connectivity index (χ2n) is 8.42. The normalized spacial score (nSPS) is 17.2. The maximum Gasteiger partial charge on any atom is 0.258 e. The molecule has 33 heavy (non-hydrogen) atoms. The predicted octanol–water partition coefficient (Wildman–Crippen LogP) is 6.01. The molecule has 170 valence electrons. The van der Waals surface area contributed by atoms with Crippen LogP contribution in [0.4, 0.5) is 11.4 Å². The molecule has 0 N–H and O–H groups in total. The van der Waals surface area contributed by atoms with Crippen molar-refractivity contribution in [2.75, 3.05) is 16.9 Å². The second-order valence-corrected chi connectivity index (χ2v) is 8.42. The van der Waals surface area contributed by atoms with E-state index in [0.717, 1.165) is 23.4 Å². The molecule has 0 aromatic heterocycles. The van der Waals surface area contributed by atoms with Crippen molar-refractivity contribution in [3.8, 4) is 5.75 Å². The largest absolute Gasteiger partial charge is 0.497 e. The van der Waals surface area contributed by atoms with Gasteiger partial charge in [0.05, 0.1) is 13.2 Å². The minimum absolute atomic E-state index is 0.0411. The van der Waals surface area contributed by atoms with E-state index in [1.54, 1.807) is 7.11 Å². The van der Waals surface area contributed by atoms with Gasteiger partial charge in [-0.05, 0) is 55.7 Å². The molecular weight excluding hydrogens is 412 g/mol. The summed E-state index contributed by atoms with van der Waals surface area (Å²) in [5.74, 6) is 0.734. The molecule has 0 saturated carbocycles. The fourth-order valence-corrected chi connectivity index (χ4v) is 4.66. The third-order valence-electron chi connectivity index (χ3n) is 6.18. The van der Waals surface area contributed by atoms with Gasteiger partial charge in [-0.15, -0.1) is 0 Å². The molecule has 1 aliphatic heterocycles. The Morgan fingerprint density at radius 1 is 1.00 bits per heavy atom. The van der Waals surface area contributed by atoms with Crippen LogP contribution in [0.2, 0.25) is 0 Å². The van der Waals surface area contributed by atoms with Crippen LogP contribution in [0.3, 0.4) is 0 Å². The standard InChI is InChI=1S/C28H30N2O3/c1-4-11-27(31)29-20(2)18-26(24-16-8-9-17-25(24)29)30(22-14-10-15-23(19-22)33-3)28(32)21-12-6-5-7-13-21/h5-10,12-17,19-20,26H,4,11,18H2,1-3H3. The molecule has 3 aromatic rings. The summed E-state index contributed by atoms with van der Waals surface area (Å²) >= 11 is 0. The molecule has 0 saturated heterocycles. The molecule has 4 rings (SSSR count). The number of benzene rings is 3. The minimum atomic E-state index is -0.221. The van der Waals surface area contributed by atoms with Gasteiger partial charge in [0.15, 0.2) is 0 Å². The van der Waals surface area contributed by atoms with Crippen molar-refractivity contribution < 1.29 is 14.3 Å². The number of para-hydroxylation sites is 1. The highest BCUT2D eigenvalue weighted by atomic mass is 16.5. The van der Waals surface area contributed by atoms with E-state index in [4.69, 9.17) is 4.74 Å². The molecule has 5 nitrogen and oxygen atoms in total. The monoisotopic (exact) mass is 442 g/mol. The van der Waals surface area contributed by atoms with Gasteiger partial charge in [0.25, 0.3) is 5.91 Å². The lowest BCUT2D eigenvalue weighted by Crippen LogP contribution is -2.47. The Morgan fingerprint density at radius 2 is 1.73 bits per heavy atom. The summed E-state index contributed by atoms with van der Waals surface area (Å²) in [6.45, 7) is 4.08. The number of methoxy groups -OCH3 is 1. The lowest BCUT2D eigenvalue weighted by atomic mass is 9.89. The molecular formula is C28H30N2O3. The van der Waals surface area contributed by atoms with Gasteiger partial charge >= 0.3 is 0 Å².